The van der Waals surface area contributed by atoms with E-state index in [1.165, 1.54) is 38.1 Å². The fraction of sp³-hybridized carbons (Fsp3) is 0.100. The van der Waals surface area contributed by atoms with Gasteiger partial charge in [0.15, 0.2) is 0 Å². The summed E-state index contributed by atoms with van der Waals surface area (Å²) in [6.07, 6.45) is 3.90. The van der Waals surface area contributed by atoms with Gasteiger partial charge in [-0.1, -0.05) is 53.9 Å². The second-order valence-electron chi connectivity index (χ2n) is 9.24. The molecule has 0 aliphatic heterocycles. The van der Waals surface area contributed by atoms with E-state index in [9.17, 15) is 0 Å². The Bertz CT molecular complexity index is 1800. The van der Waals surface area contributed by atoms with Crippen LogP contribution < -0.4 is 0 Å². The first-order valence-electron chi connectivity index (χ1n) is 11.3. The van der Waals surface area contributed by atoms with Gasteiger partial charge >= 0.3 is 0 Å². The Balaban J connectivity index is 0.00000217. The standard InChI is InChI=1S/C30H22N3.Ir/c1-30(2,33-27-13-7-5-10-22(27)23-11-6-8-14-28(23)33)20-15-16-26-25(19-20)21-9-3-4-12-24(21)29-31-17-18-32(26)29;/h3-11,13-19H,1-2H3;/q-1;. The minimum absolute atomic E-state index is 0. The average Bonchev–Trinajstić information content (AvgIpc) is 3.48. The molecule has 3 aromatic heterocycles. The molecule has 1 radical (unpaired) electrons. The van der Waals surface area contributed by atoms with Crippen LogP contribution in [0.15, 0.2) is 97.3 Å². The molecule has 34 heavy (non-hydrogen) atoms. The summed E-state index contributed by atoms with van der Waals surface area (Å²) in [5.74, 6) is 0. The number of hydrogen-bond acceptors (Lipinski definition) is 1. The average molecular weight is 617 g/mol. The van der Waals surface area contributed by atoms with Crippen molar-refractivity contribution in [2.24, 2.45) is 0 Å². The molecule has 0 aliphatic rings. The smallest absolute Gasteiger partial charge is 0.0646 e. The summed E-state index contributed by atoms with van der Waals surface area (Å²) in [6, 6.07) is 33.9. The number of aromatic nitrogens is 3. The first-order valence-corrected chi connectivity index (χ1v) is 11.3. The Labute approximate surface area is 211 Å². The summed E-state index contributed by atoms with van der Waals surface area (Å²) in [5, 5.41) is 6.05. The van der Waals surface area contributed by atoms with Crippen LogP contribution in [0.25, 0.3) is 49.1 Å². The van der Waals surface area contributed by atoms with Crippen molar-refractivity contribution < 1.29 is 20.1 Å². The van der Waals surface area contributed by atoms with Gasteiger partial charge in [-0.15, -0.1) is 29.7 Å². The number of benzene rings is 4. The van der Waals surface area contributed by atoms with E-state index in [1.807, 2.05) is 18.5 Å². The molecule has 4 heteroatoms. The van der Waals surface area contributed by atoms with Crippen molar-refractivity contribution in [2.75, 3.05) is 0 Å². The fourth-order valence-corrected chi connectivity index (χ4v) is 5.53. The van der Waals surface area contributed by atoms with Crippen molar-refractivity contribution in [3.05, 3.63) is 109 Å². The van der Waals surface area contributed by atoms with Gasteiger partial charge in [0.05, 0.1) is 11.2 Å². The number of nitrogens with zero attached hydrogens (tertiary/aromatic N) is 3. The van der Waals surface area contributed by atoms with Gasteiger partial charge in [-0.05, 0) is 43.0 Å². The molecule has 3 heterocycles. The maximum Gasteiger partial charge on any atom is 0.0646 e. The second kappa shape index (κ2) is 7.53. The molecule has 0 saturated carbocycles. The molecule has 0 bridgehead atoms. The fourth-order valence-electron chi connectivity index (χ4n) is 5.53. The number of imidazole rings is 1. The molecule has 7 rings (SSSR count). The van der Waals surface area contributed by atoms with Crippen LogP contribution in [-0.4, -0.2) is 14.0 Å². The third-order valence-corrected chi connectivity index (χ3v) is 7.11. The van der Waals surface area contributed by atoms with Crippen molar-refractivity contribution in [3.8, 4) is 0 Å². The van der Waals surface area contributed by atoms with Crippen LogP contribution in [0.2, 0.25) is 0 Å². The molecule has 167 valence electrons. The molecule has 0 N–H and O–H groups in total. The van der Waals surface area contributed by atoms with Gasteiger partial charge in [0.1, 0.15) is 0 Å². The van der Waals surface area contributed by atoms with Crippen LogP contribution in [0.4, 0.5) is 0 Å². The van der Waals surface area contributed by atoms with E-state index in [0.717, 1.165) is 16.6 Å². The predicted molar refractivity (Wildman–Crippen MR) is 137 cm³/mol. The topological polar surface area (TPSA) is 22.2 Å². The van der Waals surface area contributed by atoms with Gasteiger partial charge in [-0.2, -0.15) is 0 Å². The van der Waals surface area contributed by atoms with Gasteiger partial charge in [0.25, 0.3) is 0 Å². The molecule has 7 aromatic rings. The van der Waals surface area contributed by atoms with Crippen molar-refractivity contribution in [2.45, 2.75) is 19.4 Å². The number of hydrogen-bond donors (Lipinski definition) is 0. The SMILES string of the molecule is CC(C)(c1ccc2c(c1)c1ccc[c-]c1c1nccn21)n1c2ccccc2c2ccccc21.[Ir]. The number of fused-ring (bicyclic) bond motifs is 9. The normalized spacial score (nSPS) is 12.2. The van der Waals surface area contributed by atoms with Crippen LogP contribution >= 0.6 is 0 Å². The Morgan fingerprint density at radius 3 is 2.15 bits per heavy atom. The zero-order valence-corrected chi connectivity index (χ0v) is 21.3. The maximum atomic E-state index is 4.60. The number of para-hydroxylation sites is 2. The van der Waals surface area contributed by atoms with E-state index in [-0.39, 0.29) is 25.6 Å². The molecule has 0 unspecified atom stereocenters. The van der Waals surface area contributed by atoms with Crippen LogP contribution in [-0.2, 0) is 25.6 Å². The third kappa shape index (κ3) is 2.76. The monoisotopic (exact) mass is 617 g/mol. The van der Waals surface area contributed by atoms with E-state index in [0.29, 0.717) is 0 Å². The molecular formula is C30H22IrN3-. The predicted octanol–water partition coefficient (Wildman–Crippen LogP) is 7.33. The first-order chi connectivity index (χ1) is 16.1. The van der Waals surface area contributed by atoms with Crippen LogP contribution in [0.1, 0.15) is 19.4 Å². The van der Waals surface area contributed by atoms with Gasteiger partial charge in [0.2, 0.25) is 0 Å². The zero-order valence-electron chi connectivity index (χ0n) is 18.9. The Morgan fingerprint density at radius 1 is 0.735 bits per heavy atom. The zero-order chi connectivity index (χ0) is 22.2. The molecular weight excluding hydrogens is 595 g/mol. The summed E-state index contributed by atoms with van der Waals surface area (Å²) in [4.78, 5) is 4.60. The molecule has 4 aromatic carbocycles. The van der Waals surface area contributed by atoms with Crippen LogP contribution in [0.5, 0.6) is 0 Å². The summed E-state index contributed by atoms with van der Waals surface area (Å²) in [5.41, 5.74) is 5.64. The molecule has 3 nitrogen and oxygen atoms in total. The molecule has 0 atom stereocenters. The summed E-state index contributed by atoms with van der Waals surface area (Å²) in [7, 11) is 0. The first kappa shape index (κ1) is 21.1. The largest absolute Gasteiger partial charge is 0.340 e. The quantitative estimate of drug-likeness (QED) is 0.147. The molecule has 0 spiro atoms. The maximum absolute atomic E-state index is 4.60. The van der Waals surface area contributed by atoms with Crippen LogP contribution in [0, 0.1) is 6.07 Å². The summed E-state index contributed by atoms with van der Waals surface area (Å²) in [6.45, 7) is 4.63. The van der Waals surface area contributed by atoms with E-state index < -0.39 is 0 Å². The van der Waals surface area contributed by atoms with Crippen molar-refractivity contribution in [3.63, 3.8) is 0 Å². The van der Waals surface area contributed by atoms with E-state index in [2.05, 4.69) is 113 Å². The van der Waals surface area contributed by atoms with E-state index >= 15 is 0 Å². The van der Waals surface area contributed by atoms with E-state index in [4.69, 9.17) is 0 Å². The van der Waals surface area contributed by atoms with Gasteiger partial charge < -0.3 is 8.97 Å². The second-order valence-corrected chi connectivity index (χ2v) is 9.24. The molecule has 0 amide bonds. The molecule has 0 saturated heterocycles. The number of rotatable bonds is 2. The van der Waals surface area contributed by atoms with Crippen molar-refractivity contribution >= 4 is 49.1 Å². The summed E-state index contributed by atoms with van der Waals surface area (Å²) < 4.78 is 4.66. The van der Waals surface area contributed by atoms with Crippen molar-refractivity contribution in [1.82, 2.24) is 14.0 Å². The molecule has 0 aliphatic carbocycles. The Morgan fingerprint density at radius 2 is 1.41 bits per heavy atom. The van der Waals surface area contributed by atoms with Gasteiger partial charge in [0, 0.05) is 59.8 Å². The van der Waals surface area contributed by atoms with Gasteiger partial charge in [-0.3, -0.25) is 4.98 Å². The van der Waals surface area contributed by atoms with Gasteiger partial charge in [-0.25, -0.2) is 0 Å². The number of pyridine rings is 1. The van der Waals surface area contributed by atoms with E-state index in [1.54, 1.807) is 0 Å². The molecule has 0 fully saturated rings. The minimum Gasteiger partial charge on any atom is -0.340 e. The third-order valence-electron chi connectivity index (χ3n) is 7.11. The summed E-state index contributed by atoms with van der Waals surface area (Å²) >= 11 is 0. The Kier molecular flexibility index (Phi) is 4.67. The van der Waals surface area contributed by atoms with Crippen molar-refractivity contribution in [1.29, 1.82) is 0 Å². The van der Waals surface area contributed by atoms with Crippen LogP contribution in [0.3, 0.4) is 0 Å². The Hall–Kier alpha value is -3.46. The minimum atomic E-state index is -0.258.